The second-order valence-electron chi connectivity index (χ2n) is 7.61. The summed E-state index contributed by atoms with van der Waals surface area (Å²) < 4.78 is 7.66. The summed E-state index contributed by atoms with van der Waals surface area (Å²) in [4.78, 5) is 25.3. The van der Waals surface area contributed by atoms with Crippen LogP contribution >= 0.6 is 23.2 Å². The number of nitrogens with one attached hydrogen (secondary N) is 2. The zero-order valence-electron chi connectivity index (χ0n) is 17.2. The first-order chi connectivity index (χ1) is 16.0. The van der Waals surface area contributed by atoms with Crippen molar-refractivity contribution < 1.29 is 4.42 Å². The Kier molecular flexibility index (Phi) is 4.43. The number of aromatic nitrogens is 4. The number of anilines is 2. The maximum Gasteiger partial charge on any atom is 0.261 e. The molecule has 0 unspecified atom stereocenters. The molecule has 7 nitrogen and oxygen atoms in total. The topological polar surface area (TPSA) is 88.7 Å². The number of aryl methyl sites for hydroxylation is 1. The number of H-pyrrole nitrogens is 1. The first kappa shape index (κ1) is 19.8. The van der Waals surface area contributed by atoms with Crippen molar-refractivity contribution in [2.24, 2.45) is 7.05 Å². The molecule has 162 valence electrons. The molecule has 0 fully saturated rings. The van der Waals surface area contributed by atoms with E-state index in [0.29, 0.717) is 55.2 Å². The normalized spacial score (nSPS) is 11.6. The molecule has 0 aliphatic heterocycles. The molecule has 3 heterocycles. The van der Waals surface area contributed by atoms with E-state index in [9.17, 15) is 4.79 Å². The van der Waals surface area contributed by atoms with Gasteiger partial charge in [-0.3, -0.25) is 4.79 Å². The van der Waals surface area contributed by atoms with Crippen LogP contribution in [0.4, 0.5) is 11.6 Å². The van der Waals surface area contributed by atoms with Gasteiger partial charge < -0.3 is 19.3 Å². The minimum Gasteiger partial charge on any atom is -0.453 e. The second kappa shape index (κ2) is 7.37. The van der Waals surface area contributed by atoms with Crippen molar-refractivity contribution in [3.63, 3.8) is 0 Å². The monoisotopic (exact) mass is 475 g/mol. The third-order valence-electron chi connectivity index (χ3n) is 5.56. The van der Waals surface area contributed by atoms with E-state index < -0.39 is 0 Å². The number of furan rings is 1. The zero-order valence-corrected chi connectivity index (χ0v) is 18.7. The number of para-hydroxylation sites is 2. The van der Waals surface area contributed by atoms with Crippen molar-refractivity contribution >= 4 is 67.7 Å². The van der Waals surface area contributed by atoms with Crippen LogP contribution in [0.25, 0.3) is 44.5 Å². The lowest BCUT2D eigenvalue weighted by atomic mass is 10.2. The highest BCUT2D eigenvalue weighted by molar-refractivity contribution is 6.39. The van der Waals surface area contributed by atoms with E-state index in [1.54, 1.807) is 28.8 Å². The molecule has 6 aromatic rings. The van der Waals surface area contributed by atoms with Gasteiger partial charge >= 0.3 is 0 Å². The standard InChI is InChI=1S/C24H15Cl2N5O2/c1-31-21-16(28-24(31)29-20-13(25)6-4-7-14(20)26)10-9-15-19(21)23(32)30-22(27-15)18-11-12-5-2-3-8-17(12)33-18/h2-11H,1H3,(H,28,29)(H,27,30,32). The van der Waals surface area contributed by atoms with E-state index in [0.717, 1.165) is 11.0 Å². The number of hydrogen-bond donors (Lipinski definition) is 2. The van der Waals surface area contributed by atoms with E-state index in [-0.39, 0.29) is 5.56 Å². The number of aromatic amines is 1. The number of fused-ring (bicyclic) bond motifs is 4. The van der Waals surface area contributed by atoms with E-state index in [2.05, 4.69) is 20.3 Å². The lowest BCUT2D eigenvalue weighted by Gasteiger charge is -2.10. The molecular weight excluding hydrogens is 461 g/mol. The van der Waals surface area contributed by atoms with Crippen LogP contribution in [0.15, 0.2) is 69.9 Å². The summed E-state index contributed by atoms with van der Waals surface area (Å²) in [5.74, 6) is 1.36. The molecule has 3 aromatic heterocycles. The van der Waals surface area contributed by atoms with Crippen LogP contribution in [-0.2, 0) is 7.05 Å². The number of nitrogens with zero attached hydrogens (tertiary/aromatic N) is 3. The van der Waals surface area contributed by atoms with Gasteiger partial charge in [0.2, 0.25) is 5.95 Å². The Morgan fingerprint density at radius 2 is 1.73 bits per heavy atom. The molecule has 0 spiro atoms. The molecule has 0 aliphatic rings. The van der Waals surface area contributed by atoms with Crippen molar-refractivity contribution in [1.82, 2.24) is 19.5 Å². The molecule has 0 amide bonds. The molecule has 0 saturated heterocycles. The van der Waals surface area contributed by atoms with Gasteiger partial charge in [0, 0.05) is 12.4 Å². The molecule has 0 aliphatic carbocycles. The van der Waals surface area contributed by atoms with Gasteiger partial charge in [0.1, 0.15) is 5.58 Å². The molecule has 0 radical (unpaired) electrons. The van der Waals surface area contributed by atoms with Crippen LogP contribution in [0.3, 0.4) is 0 Å². The predicted octanol–water partition coefficient (Wildman–Crippen LogP) is 6.27. The first-order valence-corrected chi connectivity index (χ1v) is 10.8. The Bertz CT molecular complexity index is 1710. The van der Waals surface area contributed by atoms with E-state index in [1.807, 2.05) is 43.4 Å². The number of benzene rings is 3. The van der Waals surface area contributed by atoms with Gasteiger partial charge in [-0.2, -0.15) is 0 Å². The van der Waals surface area contributed by atoms with Crippen molar-refractivity contribution in [2.75, 3.05) is 5.32 Å². The van der Waals surface area contributed by atoms with Crippen molar-refractivity contribution in [3.05, 3.63) is 81.1 Å². The molecule has 6 rings (SSSR count). The maximum atomic E-state index is 13.2. The van der Waals surface area contributed by atoms with E-state index >= 15 is 0 Å². The molecule has 0 atom stereocenters. The summed E-state index contributed by atoms with van der Waals surface area (Å²) in [7, 11) is 1.81. The Labute approximate surface area is 196 Å². The van der Waals surface area contributed by atoms with Gasteiger partial charge in [-0.15, -0.1) is 0 Å². The molecule has 0 saturated carbocycles. The SMILES string of the molecule is Cn1c(Nc2c(Cl)cccc2Cl)nc2ccc3nc(-c4cc5ccccc5o4)[nH]c(=O)c3c21. The molecule has 33 heavy (non-hydrogen) atoms. The minimum absolute atomic E-state index is 0.286. The van der Waals surface area contributed by atoms with Gasteiger partial charge in [0.25, 0.3) is 5.56 Å². The highest BCUT2D eigenvalue weighted by atomic mass is 35.5. The fraction of sp³-hybridized carbons (Fsp3) is 0.0417. The number of rotatable bonds is 3. The average molecular weight is 476 g/mol. The quantitative estimate of drug-likeness (QED) is 0.314. The average Bonchev–Trinajstić information content (AvgIpc) is 3.37. The predicted molar refractivity (Wildman–Crippen MR) is 132 cm³/mol. The van der Waals surface area contributed by atoms with E-state index in [4.69, 9.17) is 27.6 Å². The molecule has 3 aromatic carbocycles. The van der Waals surface area contributed by atoms with E-state index in [1.165, 1.54) is 0 Å². The maximum absolute atomic E-state index is 13.2. The minimum atomic E-state index is -0.286. The zero-order chi connectivity index (χ0) is 22.7. The molecule has 9 heteroatoms. The Morgan fingerprint density at radius 1 is 0.970 bits per heavy atom. The summed E-state index contributed by atoms with van der Waals surface area (Å²) in [6.07, 6.45) is 0. The lowest BCUT2D eigenvalue weighted by Crippen LogP contribution is -2.11. The third kappa shape index (κ3) is 3.16. The lowest BCUT2D eigenvalue weighted by molar-refractivity contribution is 0.625. The molecule has 0 bridgehead atoms. The van der Waals surface area contributed by atoms with Crippen molar-refractivity contribution in [2.45, 2.75) is 0 Å². The van der Waals surface area contributed by atoms with Crippen LogP contribution in [-0.4, -0.2) is 19.5 Å². The van der Waals surface area contributed by atoms with Crippen LogP contribution < -0.4 is 10.9 Å². The Hall–Kier alpha value is -3.81. The van der Waals surface area contributed by atoms with Gasteiger partial charge in [-0.1, -0.05) is 47.5 Å². The van der Waals surface area contributed by atoms with Gasteiger partial charge in [0.05, 0.1) is 37.7 Å². The second-order valence-corrected chi connectivity index (χ2v) is 8.42. The van der Waals surface area contributed by atoms with Crippen LogP contribution in [0.2, 0.25) is 10.0 Å². The summed E-state index contributed by atoms with van der Waals surface area (Å²) >= 11 is 12.6. The molecule has 2 N–H and O–H groups in total. The number of imidazole rings is 1. The fourth-order valence-electron chi connectivity index (χ4n) is 3.99. The highest BCUT2D eigenvalue weighted by Crippen LogP contribution is 2.34. The number of hydrogen-bond acceptors (Lipinski definition) is 5. The number of halogens is 2. The van der Waals surface area contributed by atoms with Crippen molar-refractivity contribution in [1.29, 1.82) is 0 Å². The van der Waals surface area contributed by atoms with Crippen LogP contribution in [0.1, 0.15) is 0 Å². The summed E-state index contributed by atoms with van der Waals surface area (Å²) in [5.41, 5.74) is 2.80. The Morgan fingerprint density at radius 3 is 2.52 bits per heavy atom. The van der Waals surface area contributed by atoms with Crippen molar-refractivity contribution in [3.8, 4) is 11.6 Å². The fourth-order valence-corrected chi connectivity index (χ4v) is 4.48. The molecular formula is C24H15Cl2N5O2. The largest absolute Gasteiger partial charge is 0.453 e. The summed E-state index contributed by atoms with van der Waals surface area (Å²) in [6.45, 7) is 0. The van der Waals surface area contributed by atoms with Gasteiger partial charge in [-0.05, 0) is 36.4 Å². The first-order valence-electron chi connectivity index (χ1n) is 10.1. The third-order valence-corrected chi connectivity index (χ3v) is 6.19. The van der Waals surface area contributed by atoms with Crippen LogP contribution in [0, 0.1) is 0 Å². The van der Waals surface area contributed by atoms with Gasteiger partial charge in [-0.25, -0.2) is 9.97 Å². The Balaban J connectivity index is 1.52. The van der Waals surface area contributed by atoms with Gasteiger partial charge in [0.15, 0.2) is 11.6 Å². The van der Waals surface area contributed by atoms with Crippen LogP contribution in [0.5, 0.6) is 0 Å². The summed E-state index contributed by atoms with van der Waals surface area (Å²) in [6, 6.07) is 18.3. The highest BCUT2D eigenvalue weighted by Gasteiger charge is 2.18. The summed E-state index contributed by atoms with van der Waals surface area (Å²) in [5, 5.41) is 5.48. The smallest absolute Gasteiger partial charge is 0.261 e.